The number of ketones is 2. The van der Waals surface area contributed by atoms with Gasteiger partial charge >= 0.3 is 5.78 Å². The van der Waals surface area contributed by atoms with Crippen molar-refractivity contribution in [2.24, 2.45) is 0 Å². The van der Waals surface area contributed by atoms with Gasteiger partial charge in [-0.05, 0) is 6.92 Å². The van der Waals surface area contributed by atoms with Crippen molar-refractivity contribution in [1.29, 1.82) is 0 Å². The van der Waals surface area contributed by atoms with Gasteiger partial charge in [0.1, 0.15) is 5.57 Å². The molecule has 0 heterocycles. The van der Waals surface area contributed by atoms with Crippen LogP contribution in [0.3, 0.4) is 0 Å². The molecule has 0 aliphatic heterocycles. The first kappa shape index (κ1) is 13.0. The average molecular weight is 200 g/mol. The molecule has 0 aliphatic rings. The Bertz CT molecular complexity index is 202. The van der Waals surface area contributed by atoms with E-state index in [2.05, 4.69) is 0 Å². The monoisotopic (exact) mass is 200 g/mol. The smallest absolute Gasteiger partial charge is 0.393 e. The summed E-state index contributed by atoms with van der Waals surface area (Å²) in [6.07, 6.45) is 0. The second-order valence-corrected chi connectivity index (χ2v) is 2.15. The van der Waals surface area contributed by atoms with E-state index in [-0.39, 0.29) is 28.6 Å². The van der Waals surface area contributed by atoms with Crippen LogP contribution >= 0.6 is 0 Å². The number of Topliss-reactive ketones (excluding diaryl/α,β-unsaturated/α-hetero) is 1. The predicted octanol–water partition coefficient (Wildman–Crippen LogP) is 0.136. The number of carbonyl (C=O) groups is 1. The van der Waals surface area contributed by atoms with Crippen LogP contribution in [0.2, 0.25) is 0 Å². The van der Waals surface area contributed by atoms with E-state index in [4.69, 9.17) is 9.90 Å². The second-order valence-electron chi connectivity index (χ2n) is 2.15. The molecule has 0 saturated carbocycles. The Morgan fingerprint density at radius 2 is 1.64 bits per heavy atom. The zero-order valence-corrected chi connectivity index (χ0v) is 7.81. The van der Waals surface area contributed by atoms with Crippen molar-refractivity contribution >= 4 is 11.6 Å². The zero-order valence-electron chi connectivity index (χ0n) is 6.71. The molecule has 0 rings (SSSR count). The normalized spacial score (nSPS) is 11.2. The fourth-order valence-corrected chi connectivity index (χ4v) is 0.442. The van der Waals surface area contributed by atoms with Gasteiger partial charge in [-0.15, -0.1) is 0 Å². The molecule has 4 heteroatoms. The average Bonchev–Trinajstić information content (AvgIpc) is 1.84. The van der Waals surface area contributed by atoms with Crippen LogP contribution in [0.15, 0.2) is 11.3 Å². The van der Waals surface area contributed by atoms with Gasteiger partial charge < -0.3 is 5.11 Å². The van der Waals surface area contributed by atoms with E-state index in [1.165, 1.54) is 13.8 Å². The molecule has 0 aromatic heterocycles. The standard InChI is InChI=1S/C7H10O3.Fe/c1-4(5(2)8)7(10)6(3)9;/h8H,1-3H3;/p+2/b5-4-;. The van der Waals surface area contributed by atoms with Crippen LogP contribution in [0.25, 0.3) is 0 Å². The molecular formula is C7H12FeO3+2. The van der Waals surface area contributed by atoms with Crippen molar-refractivity contribution in [3.8, 4) is 0 Å². The van der Waals surface area contributed by atoms with E-state index in [1.807, 2.05) is 0 Å². The van der Waals surface area contributed by atoms with Gasteiger partial charge in [0.15, 0.2) is 0 Å². The molecule has 64 valence electrons. The Kier molecular flexibility index (Phi) is 6.04. The van der Waals surface area contributed by atoms with Gasteiger partial charge in [0.2, 0.25) is 5.76 Å². The van der Waals surface area contributed by atoms with Gasteiger partial charge in [-0.3, -0.25) is 9.59 Å². The van der Waals surface area contributed by atoms with Crippen LogP contribution in [0, 0.1) is 0 Å². The minimum absolute atomic E-state index is 0. The molecule has 0 aromatic rings. The van der Waals surface area contributed by atoms with Crippen LogP contribution in [-0.4, -0.2) is 21.5 Å². The van der Waals surface area contributed by atoms with Gasteiger partial charge in [0.05, 0.1) is 0 Å². The molecule has 0 fully saturated rings. The second kappa shape index (κ2) is 5.10. The molecule has 0 aliphatic carbocycles. The first-order chi connectivity index (χ1) is 4.46. The SMILES string of the molecule is CC(=O)C(=[OH+])/C(C)=C(/C)[OH2+].[Fe]. The van der Waals surface area contributed by atoms with Crippen LogP contribution in [0.5, 0.6) is 0 Å². The summed E-state index contributed by atoms with van der Waals surface area (Å²) in [5.41, 5.74) is 0.340. The third kappa shape index (κ3) is 3.96. The molecule has 3 N–H and O–H groups in total. The fraction of sp³-hybridized carbons (Fsp3) is 0.429. The number of hydrogen-bond acceptors (Lipinski definition) is 1. The Morgan fingerprint density at radius 1 is 1.27 bits per heavy atom. The van der Waals surface area contributed by atoms with Crippen LogP contribution in [0.4, 0.5) is 0 Å². The van der Waals surface area contributed by atoms with E-state index in [0.717, 1.165) is 0 Å². The van der Waals surface area contributed by atoms with Crippen molar-refractivity contribution in [3.05, 3.63) is 11.3 Å². The largest absolute Gasteiger partial charge is 0.596 e. The molecular weight excluding hydrogens is 188 g/mol. The molecule has 0 aromatic carbocycles. The van der Waals surface area contributed by atoms with Gasteiger partial charge in [0.25, 0.3) is 5.78 Å². The maximum Gasteiger partial charge on any atom is 0.393 e. The van der Waals surface area contributed by atoms with Crippen molar-refractivity contribution in [1.82, 2.24) is 0 Å². The maximum atomic E-state index is 10.5. The molecule has 0 unspecified atom stereocenters. The van der Waals surface area contributed by atoms with Crippen LogP contribution in [-0.2, 0) is 21.9 Å². The van der Waals surface area contributed by atoms with Crippen molar-refractivity contribution in [3.63, 3.8) is 0 Å². The molecule has 0 atom stereocenters. The van der Waals surface area contributed by atoms with Crippen LogP contribution in [0.1, 0.15) is 20.8 Å². The Balaban J connectivity index is 0. The topological polar surface area (TPSA) is 61.4 Å². The van der Waals surface area contributed by atoms with Crippen molar-refractivity contribution in [2.75, 3.05) is 0 Å². The molecule has 0 radical (unpaired) electrons. The quantitative estimate of drug-likeness (QED) is 0.205. The van der Waals surface area contributed by atoms with E-state index >= 15 is 0 Å². The predicted molar refractivity (Wildman–Crippen MR) is 39.6 cm³/mol. The summed E-state index contributed by atoms with van der Waals surface area (Å²) < 4.78 is 0. The zero-order chi connectivity index (χ0) is 8.31. The van der Waals surface area contributed by atoms with E-state index < -0.39 is 5.78 Å². The summed E-state index contributed by atoms with van der Waals surface area (Å²) in [5.74, 6) is -0.496. The molecule has 0 amide bonds. The first-order valence-electron chi connectivity index (χ1n) is 2.93. The van der Waals surface area contributed by atoms with E-state index in [9.17, 15) is 4.79 Å². The van der Waals surface area contributed by atoms with E-state index in [0.29, 0.717) is 5.57 Å². The van der Waals surface area contributed by atoms with E-state index in [1.54, 1.807) is 6.92 Å². The first-order valence-corrected chi connectivity index (χ1v) is 2.93. The van der Waals surface area contributed by atoms with Gasteiger partial charge in [-0.2, -0.15) is 0 Å². The third-order valence-electron chi connectivity index (χ3n) is 1.25. The molecule has 0 saturated heterocycles. The summed E-state index contributed by atoms with van der Waals surface area (Å²) in [6, 6.07) is 0. The fourth-order valence-electron chi connectivity index (χ4n) is 0.442. The summed E-state index contributed by atoms with van der Waals surface area (Å²) >= 11 is 0. The van der Waals surface area contributed by atoms with Crippen molar-refractivity contribution < 1.29 is 31.8 Å². The summed E-state index contributed by atoms with van der Waals surface area (Å²) in [4.78, 5) is 19.4. The summed E-state index contributed by atoms with van der Waals surface area (Å²) in [5, 5.41) is 7.05. The molecule has 0 spiro atoms. The molecule has 0 bridgehead atoms. The number of carbonyl (C=O) groups excluding carboxylic acids is 2. The minimum Gasteiger partial charge on any atom is -0.596 e. The van der Waals surface area contributed by atoms with Gasteiger partial charge in [-0.1, -0.05) is 0 Å². The Hall–Kier alpha value is -0.601. The van der Waals surface area contributed by atoms with Gasteiger partial charge in [-0.25, -0.2) is 0 Å². The van der Waals surface area contributed by atoms with Crippen molar-refractivity contribution in [2.45, 2.75) is 20.8 Å². The Morgan fingerprint density at radius 3 is 1.73 bits per heavy atom. The minimum atomic E-state index is -0.399. The number of hydrogen-bond donors (Lipinski definition) is 0. The third-order valence-corrected chi connectivity index (χ3v) is 1.25. The number of rotatable bonds is 2. The molecule has 3 nitrogen and oxygen atoms in total. The van der Waals surface area contributed by atoms with Gasteiger partial charge in [0, 0.05) is 30.9 Å². The molecule has 11 heavy (non-hydrogen) atoms. The number of allylic oxidation sites excluding steroid dienone is 2. The summed E-state index contributed by atoms with van der Waals surface area (Å²) in [6.45, 7) is 4.33. The summed E-state index contributed by atoms with van der Waals surface area (Å²) in [7, 11) is 0. The maximum absolute atomic E-state index is 10.5. The Labute approximate surface area is 76.0 Å². The van der Waals surface area contributed by atoms with Crippen LogP contribution < -0.4 is 0 Å².